The van der Waals surface area contributed by atoms with Crippen LogP contribution in [0.3, 0.4) is 0 Å². The molecule has 0 bridgehead atoms. The Bertz CT molecular complexity index is 528. The summed E-state index contributed by atoms with van der Waals surface area (Å²) in [7, 11) is -3.72. The summed E-state index contributed by atoms with van der Waals surface area (Å²) in [5.74, 6) is -0.331. The molecule has 0 aliphatic carbocycles. The average molecular weight is 305 g/mol. The maximum absolute atomic E-state index is 12.1. The number of carbonyl (C=O) groups is 1. The molecule has 0 aromatic heterocycles. The van der Waals surface area contributed by atoms with Gasteiger partial charge in [0.2, 0.25) is 15.9 Å². The molecule has 5 nitrogen and oxygen atoms in total. The van der Waals surface area contributed by atoms with Gasteiger partial charge in [-0.3, -0.25) is 4.79 Å². The van der Waals surface area contributed by atoms with Gasteiger partial charge in [-0.25, -0.2) is 8.42 Å². The fraction of sp³-hybridized carbons (Fsp3) is 0.417. The third kappa shape index (κ3) is 4.49. The molecule has 1 aromatic rings. The van der Waals surface area contributed by atoms with Crippen LogP contribution in [0.15, 0.2) is 29.2 Å². The second-order valence-corrected chi connectivity index (χ2v) is 6.08. The van der Waals surface area contributed by atoms with Crippen LogP contribution in [0.4, 0.5) is 0 Å². The molecule has 1 aromatic carbocycles. The van der Waals surface area contributed by atoms with E-state index in [0.717, 1.165) is 0 Å². The van der Waals surface area contributed by atoms with Gasteiger partial charge in [-0.1, -0.05) is 18.5 Å². The Labute approximate surface area is 118 Å². The number of carbonyl (C=O) groups excluding carboxylic acids is 1. The van der Waals surface area contributed by atoms with Crippen molar-refractivity contribution in [3.63, 3.8) is 0 Å². The molecular weight excluding hydrogens is 288 g/mol. The van der Waals surface area contributed by atoms with Crippen LogP contribution in [-0.2, 0) is 14.8 Å². The van der Waals surface area contributed by atoms with Gasteiger partial charge >= 0.3 is 0 Å². The molecule has 106 valence electrons. The summed E-state index contributed by atoms with van der Waals surface area (Å²) in [6, 6.07) is 5.00. The van der Waals surface area contributed by atoms with Crippen molar-refractivity contribution in [1.82, 2.24) is 10.0 Å². The molecule has 1 rings (SSSR count). The van der Waals surface area contributed by atoms with E-state index < -0.39 is 16.1 Å². The van der Waals surface area contributed by atoms with E-state index in [1.54, 1.807) is 13.8 Å². The van der Waals surface area contributed by atoms with Crippen LogP contribution in [0.5, 0.6) is 0 Å². The lowest BCUT2D eigenvalue weighted by atomic mass is 10.2. The Kier molecular flexibility index (Phi) is 5.78. The smallest absolute Gasteiger partial charge is 0.241 e. The van der Waals surface area contributed by atoms with Crippen molar-refractivity contribution < 1.29 is 13.2 Å². The number of rotatable bonds is 6. The second kappa shape index (κ2) is 6.88. The van der Waals surface area contributed by atoms with Gasteiger partial charge in [-0.05, 0) is 37.6 Å². The Morgan fingerprint density at radius 2 is 1.84 bits per heavy atom. The summed E-state index contributed by atoms with van der Waals surface area (Å²) in [6.45, 7) is 3.97. The molecule has 1 amide bonds. The van der Waals surface area contributed by atoms with Crippen LogP contribution in [0.25, 0.3) is 0 Å². The zero-order chi connectivity index (χ0) is 14.5. The quantitative estimate of drug-likeness (QED) is 0.837. The van der Waals surface area contributed by atoms with Crippen LogP contribution in [0.1, 0.15) is 20.3 Å². The van der Waals surface area contributed by atoms with Crippen LogP contribution in [-0.4, -0.2) is 26.9 Å². The van der Waals surface area contributed by atoms with Crippen molar-refractivity contribution in [3.8, 4) is 0 Å². The van der Waals surface area contributed by atoms with Gasteiger partial charge in [0.25, 0.3) is 0 Å². The number of amides is 1. The zero-order valence-corrected chi connectivity index (χ0v) is 12.4. The van der Waals surface area contributed by atoms with Gasteiger partial charge in [0.1, 0.15) is 6.04 Å². The highest BCUT2D eigenvalue weighted by atomic mass is 35.5. The van der Waals surface area contributed by atoms with Crippen LogP contribution >= 0.6 is 11.6 Å². The van der Waals surface area contributed by atoms with Crippen molar-refractivity contribution >= 4 is 27.5 Å². The monoisotopic (exact) mass is 304 g/mol. The number of benzene rings is 1. The average Bonchev–Trinajstić information content (AvgIpc) is 2.36. The Hall–Kier alpha value is -1.11. The number of halogens is 1. The summed E-state index contributed by atoms with van der Waals surface area (Å²) < 4.78 is 26.6. The van der Waals surface area contributed by atoms with Gasteiger partial charge in [0.05, 0.1) is 4.90 Å². The maximum Gasteiger partial charge on any atom is 0.241 e. The first-order chi connectivity index (χ1) is 8.90. The van der Waals surface area contributed by atoms with Crippen LogP contribution in [0, 0.1) is 0 Å². The summed E-state index contributed by atoms with van der Waals surface area (Å²) in [5, 5.41) is 3.05. The maximum atomic E-state index is 12.1. The summed E-state index contributed by atoms with van der Waals surface area (Å²) in [4.78, 5) is 11.8. The molecule has 0 radical (unpaired) electrons. The highest BCUT2D eigenvalue weighted by molar-refractivity contribution is 7.89. The number of hydrogen-bond acceptors (Lipinski definition) is 3. The van der Waals surface area contributed by atoms with Crippen molar-refractivity contribution in [2.24, 2.45) is 0 Å². The van der Waals surface area contributed by atoms with Gasteiger partial charge in [0.15, 0.2) is 0 Å². The summed E-state index contributed by atoms with van der Waals surface area (Å²) in [6.07, 6.45) is 0.374. The normalized spacial score (nSPS) is 13.0. The fourth-order valence-electron chi connectivity index (χ4n) is 1.49. The first-order valence-electron chi connectivity index (χ1n) is 5.96. The summed E-state index contributed by atoms with van der Waals surface area (Å²) in [5.41, 5.74) is 0. The first kappa shape index (κ1) is 15.9. The third-order valence-corrected chi connectivity index (χ3v) is 4.24. The van der Waals surface area contributed by atoms with E-state index in [0.29, 0.717) is 18.0 Å². The van der Waals surface area contributed by atoms with Crippen LogP contribution in [0.2, 0.25) is 5.02 Å². The molecular formula is C12H17ClN2O3S. The molecule has 2 N–H and O–H groups in total. The lowest BCUT2D eigenvalue weighted by Gasteiger charge is -2.16. The molecule has 0 aliphatic rings. The molecule has 1 atom stereocenters. The minimum atomic E-state index is -3.72. The van der Waals surface area contributed by atoms with E-state index in [4.69, 9.17) is 11.6 Å². The minimum Gasteiger partial charge on any atom is -0.355 e. The summed E-state index contributed by atoms with van der Waals surface area (Å²) >= 11 is 5.71. The SMILES string of the molecule is CCNC(=O)C(CC)NS(=O)(=O)c1ccc(Cl)cc1. The Morgan fingerprint density at radius 1 is 1.26 bits per heavy atom. The Balaban J connectivity index is 2.89. The first-order valence-corrected chi connectivity index (χ1v) is 7.82. The number of sulfonamides is 1. The third-order valence-electron chi connectivity index (χ3n) is 2.50. The molecule has 0 heterocycles. The molecule has 0 saturated heterocycles. The van der Waals surface area contributed by atoms with Crippen molar-refractivity contribution in [2.75, 3.05) is 6.54 Å². The predicted molar refractivity (Wildman–Crippen MR) is 74.5 cm³/mol. The van der Waals surface area contributed by atoms with E-state index in [1.807, 2.05) is 0 Å². The largest absolute Gasteiger partial charge is 0.355 e. The molecule has 19 heavy (non-hydrogen) atoms. The fourth-order valence-corrected chi connectivity index (χ4v) is 2.89. The van der Waals surface area contributed by atoms with E-state index >= 15 is 0 Å². The molecule has 0 spiro atoms. The van der Waals surface area contributed by atoms with Gasteiger partial charge in [-0.15, -0.1) is 0 Å². The van der Waals surface area contributed by atoms with Crippen LogP contribution < -0.4 is 10.0 Å². The molecule has 0 fully saturated rings. The van der Waals surface area contributed by atoms with E-state index in [9.17, 15) is 13.2 Å². The number of hydrogen-bond donors (Lipinski definition) is 2. The van der Waals surface area contributed by atoms with Crippen molar-refractivity contribution in [2.45, 2.75) is 31.2 Å². The molecule has 7 heteroatoms. The Morgan fingerprint density at radius 3 is 2.32 bits per heavy atom. The van der Waals surface area contributed by atoms with Gasteiger partial charge in [-0.2, -0.15) is 4.72 Å². The highest BCUT2D eigenvalue weighted by Gasteiger charge is 2.23. The number of likely N-dealkylation sites (N-methyl/N-ethyl adjacent to an activating group) is 1. The second-order valence-electron chi connectivity index (χ2n) is 3.93. The van der Waals surface area contributed by atoms with Crippen molar-refractivity contribution in [3.05, 3.63) is 29.3 Å². The zero-order valence-electron chi connectivity index (χ0n) is 10.8. The molecule has 0 saturated carbocycles. The van der Waals surface area contributed by atoms with E-state index in [-0.39, 0.29) is 10.8 Å². The van der Waals surface area contributed by atoms with Gasteiger partial charge < -0.3 is 5.32 Å². The van der Waals surface area contributed by atoms with Crippen molar-refractivity contribution in [1.29, 1.82) is 0 Å². The van der Waals surface area contributed by atoms with E-state index in [1.165, 1.54) is 24.3 Å². The van der Waals surface area contributed by atoms with Gasteiger partial charge in [0, 0.05) is 11.6 Å². The lowest BCUT2D eigenvalue weighted by Crippen LogP contribution is -2.46. The molecule has 1 unspecified atom stereocenters. The minimum absolute atomic E-state index is 0.0830. The topological polar surface area (TPSA) is 75.3 Å². The van der Waals surface area contributed by atoms with E-state index in [2.05, 4.69) is 10.0 Å². The predicted octanol–water partition coefficient (Wildman–Crippen LogP) is 1.53. The lowest BCUT2D eigenvalue weighted by molar-refractivity contribution is -0.122. The molecule has 0 aliphatic heterocycles. The highest BCUT2D eigenvalue weighted by Crippen LogP contribution is 2.14. The standard InChI is InChI=1S/C12H17ClN2O3S/c1-3-11(12(16)14-4-2)15-19(17,18)10-7-5-9(13)6-8-10/h5-8,11,15H,3-4H2,1-2H3,(H,14,16). The number of nitrogens with one attached hydrogen (secondary N) is 2.